The van der Waals surface area contributed by atoms with E-state index in [-0.39, 0.29) is 11.5 Å². The summed E-state index contributed by atoms with van der Waals surface area (Å²) < 4.78 is 11.9. The van der Waals surface area contributed by atoms with Gasteiger partial charge in [-0.05, 0) is 81.1 Å². The number of benzene rings is 2. The van der Waals surface area contributed by atoms with Crippen molar-refractivity contribution in [2.24, 2.45) is 0 Å². The Kier molecular flexibility index (Phi) is 4.68. The van der Waals surface area contributed by atoms with Crippen LogP contribution in [0.25, 0.3) is 0 Å². The minimum Gasteiger partial charge on any atom is -0.489 e. The van der Waals surface area contributed by atoms with Crippen molar-refractivity contribution in [3.8, 4) is 17.2 Å². The van der Waals surface area contributed by atoms with Crippen LogP contribution in [0.5, 0.6) is 17.2 Å². The van der Waals surface area contributed by atoms with E-state index < -0.39 is 0 Å². The van der Waals surface area contributed by atoms with Crippen molar-refractivity contribution >= 4 is 6.29 Å². The molecule has 1 heterocycles. The van der Waals surface area contributed by atoms with Crippen LogP contribution in [0.3, 0.4) is 0 Å². The van der Waals surface area contributed by atoms with E-state index in [0.717, 1.165) is 48.5 Å². The van der Waals surface area contributed by atoms with Crippen LogP contribution < -0.4 is 14.8 Å². The van der Waals surface area contributed by atoms with E-state index in [1.807, 2.05) is 48.5 Å². The van der Waals surface area contributed by atoms with E-state index in [2.05, 4.69) is 12.2 Å². The first kappa shape index (κ1) is 17.1. The van der Waals surface area contributed by atoms with Crippen molar-refractivity contribution < 1.29 is 14.3 Å². The zero-order valence-electron chi connectivity index (χ0n) is 15.1. The lowest BCUT2D eigenvalue weighted by atomic mass is 9.98. The highest BCUT2D eigenvalue weighted by molar-refractivity contribution is 5.73. The summed E-state index contributed by atoms with van der Waals surface area (Å²) in [4.78, 5) is 11.2. The lowest BCUT2D eigenvalue weighted by molar-refractivity contribution is -0.109. The number of carbonyl (C=O) groups is 1. The molecule has 2 aromatic rings. The van der Waals surface area contributed by atoms with Crippen LogP contribution in [-0.2, 0) is 10.2 Å². The minimum atomic E-state index is -0.234. The molecule has 2 aromatic carbocycles. The first-order chi connectivity index (χ1) is 12.7. The number of rotatable bonds is 7. The van der Waals surface area contributed by atoms with Gasteiger partial charge in [0.15, 0.2) is 0 Å². The van der Waals surface area contributed by atoms with Gasteiger partial charge >= 0.3 is 0 Å². The van der Waals surface area contributed by atoms with Gasteiger partial charge < -0.3 is 19.6 Å². The van der Waals surface area contributed by atoms with Gasteiger partial charge in [0.2, 0.25) is 0 Å². The van der Waals surface area contributed by atoms with Gasteiger partial charge in [0.05, 0.1) is 5.41 Å². The van der Waals surface area contributed by atoms with Gasteiger partial charge in [-0.1, -0.05) is 12.1 Å². The van der Waals surface area contributed by atoms with E-state index in [9.17, 15) is 4.79 Å². The van der Waals surface area contributed by atoms with Gasteiger partial charge in [0.1, 0.15) is 29.6 Å². The molecule has 1 unspecified atom stereocenters. The number of nitrogens with one attached hydrogen (secondary N) is 1. The molecule has 1 saturated heterocycles. The van der Waals surface area contributed by atoms with E-state index in [1.165, 1.54) is 12.8 Å². The van der Waals surface area contributed by atoms with Crippen LogP contribution in [0.4, 0.5) is 0 Å². The van der Waals surface area contributed by atoms with Crippen molar-refractivity contribution in [1.82, 2.24) is 5.32 Å². The number of ether oxygens (including phenoxy) is 2. The normalized spacial score (nSPS) is 21.8. The van der Waals surface area contributed by atoms with Crippen molar-refractivity contribution in [1.29, 1.82) is 0 Å². The molecule has 2 atom stereocenters. The summed E-state index contributed by atoms with van der Waals surface area (Å²) in [5, 5.41) is 3.47. The third kappa shape index (κ3) is 3.61. The van der Waals surface area contributed by atoms with Gasteiger partial charge in [-0.15, -0.1) is 0 Å². The van der Waals surface area contributed by atoms with E-state index in [4.69, 9.17) is 9.47 Å². The van der Waals surface area contributed by atoms with Crippen LogP contribution in [-0.4, -0.2) is 25.0 Å². The maximum Gasteiger partial charge on any atom is 0.130 e. The maximum atomic E-state index is 11.2. The predicted octanol–water partition coefficient (Wildman–Crippen LogP) is 4.23. The summed E-state index contributed by atoms with van der Waals surface area (Å²) in [6, 6.07) is 16.0. The first-order valence-electron chi connectivity index (χ1n) is 9.43. The van der Waals surface area contributed by atoms with Crippen molar-refractivity contribution in [2.75, 3.05) is 6.54 Å². The molecule has 0 bridgehead atoms. The Morgan fingerprint density at radius 2 is 1.65 bits per heavy atom. The molecule has 2 aliphatic rings. The number of hydrogen-bond donors (Lipinski definition) is 1. The number of carbonyl (C=O) groups excluding carboxylic acids is 1. The highest BCUT2D eigenvalue weighted by Crippen LogP contribution is 2.46. The molecule has 4 heteroatoms. The zero-order chi connectivity index (χ0) is 18.0. The van der Waals surface area contributed by atoms with E-state index >= 15 is 0 Å². The summed E-state index contributed by atoms with van der Waals surface area (Å²) in [6.07, 6.45) is 5.52. The third-order valence-electron chi connectivity index (χ3n) is 5.49. The molecule has 26 heavy (non-hydrogen) atoms. The summed E-state index contributed by atoms with van der Waals surface area (Å²) in [6.45, 7) is 3.19. The van der Waals surface area contributed by atoms with Crippen molar-refractivity contribution in [2.45, 2.75) is 50.2 Å². The van der Waals surface area contributed by atoms with Crippen molar-refractivity contribution in [3.63, 3.8) is 0 Å². The first-order valence-corrected chi connectivity index (χ1v) is 9.43. The van der Waals surface area contributed by atoms with E-state index in [0.29, 0.717) is 6.04 Å². The van der Waals surface area contributed by atoms with Crippen LogP contribution in [0.2, 0.25) is 0 Å². The van der Waals surface area contributed by atoms with E-state index in [1.54, 1.807) is 0 Å². The molecule has 4 rings (SSSR count). The molecule has 1 aliphatic carbocycles. The van der Waals surface area contributed by atoms with Crippen molar-refractivity contribution in [3.05, 3.63) is 54.1 Å². The van der Waals surface area contributed by atoms with Crippen LogP contribution >= 0.6 is 0 Å². The van der Waals surface area contributed by atoms with Gasteiger partial charge in [-0.25, -0.2) is 0 Å². The average molecular weight is 351 g/mol. The second-order valence-electron chi connectivity index (χ2n) is 7.40. The molecule has 0 radical (unpaired) electrons. The quantitative estimate of drug-likeness (QED) is 0.759. The Morgan fingerprint density at radius 3 is 2.19 bits per heavy atom. The second kappa shape index (κ2) is 7.12. The summed E-state index contributed by atoms with van der Waals surface area (Å²) in [7, 11) is 0. The molecule has 1 N–H and O–H groups in total. The highest BCUT2D eigenvalue weighted by atomic mass is 16.5. The Balaban J connectivity index is 1.35. The topological polar surface area (TPSA) is 47.6 Å². The van der Waals surface area contributed by atoms with Gasteiger partial charge in [0, 0.05) is 6.04 Å². The number of hydrogen-bond acceptors (Lipinski definition) is 4. The second-order valence-corrected chi connectivity index (χ2v) is 7.40. The van der Waals surface area contributed by atoms with Crippen LogP contribution in [0.15, 0.2) is 48.5 Å². The van der Waals surface area contributed by atoms with Crippen LogP contribution in [0.1, 0.15) is 38.2 Å². The van der Waals surface area contributed by atoms with Gasteiger partial charge in [0.25, 0.3) is 0 Å². The fraction of sp³-hybridized carbons (Fsp3) is 0.409. The average Bonchev–Trinajstić information content (AvgIpc) is 3.27. The Labute approximate surface area is 154 Å². The molecule has 2 fully saturated rings. The Hall–Kier alpha value is -2.33. The molecule has 136 valence electrons. The Bertz CT molecular complexity index is 744. The summed E-state index contributed by atoms with van der Waals surface area (Å²) >= 11 is 0. The fourth-order valence-electron chi connectivity index (χ4n) is 3.60. The lowest BCUT2D eigenvalue weighted by Gasteiger charge is -2.21. The third-order valence-corrected chi connectivity index (χ3v) is 5.49. The number of aldehydes is 1. The molecular formula is C22H25NO3. The highest BCUT2D eigenvalue weighted by Gasteiger charge is 2.44. The van der Waals surface area contributed by atoms with Gasteiger partial charge in [-0.3, -0.25) is 0 Å². The maximum absolute atomic E-state index is 11.2. The Morgan fingerprint density at radius 1 is 1.04 bits per heavy atom. The van der Waals surface area contributed by atoms with Crippen LogP contribution in [0, 0.1) is 0 Å². The minimum absolute atomic E-state index is 0.157. The molecule has 0 aromatic heterocycles. The monoisotopic (exact) mass is 351 g/mol. The largest absolute Gasteiger partial charge is 0.489 e. The SMILES string of the molecule is C[C@@H](Oc1ccc(Oc2ccc(C3(C=O)CC3)cc2)cc1)C1CCCN1. The molecule has 0 amide bonds. The molecule has 1 aliphatic heterocycles. The molecule has 1 saturated carbocycles. The lowest BCUT2D eigenvalue weighted by Crippen LogP contribution is -2.36. The zero-order valence-corrected chi connectivity index (χ0v) is 15.1. The fourth-order valence-corrected chi connectivity index (χ4v) is 3.60. The summed E-state index contributed by atoms with van der Waals surface area (Å²) in [5.74, 6) is 2.40. The van der Waals surface area contributed by atoms with Gasteiger partial charge in [-0.2, -0.15) is 0 Å². The summed E-state index contributed by atoms with van der Waals surface area (Å²) in [5.41, 5.74) is 0.848. The smallest absolute Gasteiger partial charge is 0.130 e. The predicted molar refractivity (Wildman–Crippen MR) is 101 cm³/mol. The molecular weight excluding hydrogens is 326 g/mol. The standard InChI is InChI=1S/C22H25NO3/c1-16(21-3-2-14-23-21)25-18-8-10-20(11-9-18)26-19-6-4-17(5-7-19)22(15-24)12-13-22/h4-11,15-16,21,23H,2-3,12-14H2,1H3/t16-,21?/m1/s1. The molecule has 4 nitrogen and oxygen atoms in total. The molecule has 0 spiro atoms.